The molecule has 0 saturated heterocycles. The predicted molar refractivity (Wildman–Crippen MR) is 354 cm³/mol. The summed E-state index contributed by atoms with van der Waals surface area (Å²) in [5, 5.41) is 10.5. The minimum Gasteiger partial charge on any atom is -0.462 e. The van der Waals surface area contributed by atoms with E-state index in [0.717, 1.165) is 108 Å². The Labute approximate surface area is 537 Å². The van der Waals surface area contributed by atoms with Crippen molar-refractivity contribution >= 4 is 39.5 Å². The van der Waals surface area contributed by atoms with E-state index in [1.165, 1.54) is 161 Å². The molecule has 0 bridgehead atoms. The zero-order chi connectivity index (χ0) is 65.0. The van der Waals surface area contributed by atoms with E-state index in [0.29, 0.717) is 25.7 Å². The third kappa shape index (κ3) is 62.8. The highest BCUT2D eigenvalue weighted by Gasteiger charge is 2.30. The van der Waals surface area contributed by atoms with Crippen molar-refractivity contribution in [3.05, 3.63) is 0 Å². The molecule has 0 aromatic carbocycles. The van der Waals surface area contributed by atoms with Crippen molar-refractivity contribution in [3.8, 4) is 0 Å². The van der Waals surface area contributed by atoms with Gasteiger partial charge in [-0.25, -0.2) is 9.13 Å². The average molecular weight is 1300 g/mol. The lowest BCUT2D eigenvalue weighted by Gasteiger charge is -2.21. The molecule has 0 radical (unpaired) electrons. The Morgan fingerprint density at radius 2 is 0.523 bits per heavy atom. The number of rotatable bonds is 68. The number of unbranched alkanes of at least 4 members (excludes halogenated alkanes) is 38. The van der Waals surface area contributed by atoms with Crippen LogP contribution < -0.4 is 0 Å². The number of ether oxygens (including phenoxy) is 4. The van der Waals surface area contributed by atoms with Crippen LogP contribution in [-0.4, -0.2) is 96.7 Å². The van der Waals surface area contributed by atoms with Gasteiger partial charge in [0.1, 0.15) is 19.3 Å². The minimum atomic E-state index is -4.95. The molecule has 2 unspecified atom stereocenters. The molecular formula is C69H134O17P2. The molecule has 0 amide bonds. The van der Waals surface area contributed by atoms with Crippen molar-refractivity contribution in [1.82, 2.24) is 0 Å². The van der Waals surface area contributed by atoms with Crippen LogP contribution in [-0.2, 0) is 65.4 Å². The van der Waals surface area contributed by atoms with E-state index < -0.39 is 97.5 Å². The number of hydrogen-bond acceptors (Lipinski definition) is 15. The highest BCUT2D eigenvalue weighted by Crippen LogP contribution is 2.45. The maximum Gasteiger partial charge on any atom is 0.472 e. The maximum atomic E-state index is 13.0. The van der Waals surface area contributed by atoms with Gasteiger partial charge in [0.2, 0.25) is 0 Å². The fourth-order valence-electron chi connectivity index (χ4n) is 10.4. The van der Waals surface area contributed by atoms with E-state index in [-0.39, 0.29) is 25.7 Å². The number of hydrogen-bond donors (Lipinski definition) is 3. The predicted octanol–water partition coefficient (Wildman–Crippen LogP) is 19.6. The first-order valence-corrected chi connectivity index (χ1v) is 39.0. The Morgan fingerprint density at radius 1 is 0.307 bits per heavy atom. The first-order valence-electron chi connectivity index (χ1n) is 36.0. The molecule has 0 aliphatic rings. The van der Waals surface area contributed by atoms with Gasteiger partial charge in [-0.2, -0.15) is 0 Å². The Hall–Kier alpha value is -1.94. The number of aliphatic hydroxyl groups excluding tert-OH is 1. The summed E-state index contributed by atoms with van der Waals surface area (Å²) in [5.74, 6) is -0.559. The highest BCUT2D eigenvalue weighted by atomic mass is 31.2. The molecule has 0 rings (SSSR count). The number of carbonyl (C=O) groups is 4. The second kappa shape index (κ2) is 61.3. The van der Waals surface area contributed by atoms with Gasteiger partial charge in [0.15, 0.2) is 12.2 Å². The molecule has 0 aliphatic heterocycles. The fourth-order valence-corrected chi connectivity index (χ4v) is 12.0. The van der Waals surface area contributed by atoms with Gasteiger partial charge in [-0.3, -0.25) is 37.3 Å². The number of phosphoric acid groups is 2. The van der Waals surface area contributed by atoms with Crippen LogP contribution in [0, 0.1) is 11.8 Å². The van der Waals surface area contributed by atoms with Gasteiger partial charge in [-0.1, -0.05) is 298 Å². The monoisotopic (exact) mass is 1300 g/mol. The van der Waals surface area contributed by atoms with Crippen molar-refractivity contribution < 1.29 is 80.2 Å². The molecule has 0 aromatic heterocycles. The summed E-state index contributed by atoms with van der Waals surface area (Å²) in [7, 11) is -9.89. The lowest BCUT2D eigenvalue weighted by atomic mass is 10.0. The highest BCUT2D eigenvalue weighted by molar-refractivity contribution is 7.47. The minimum absolute atomic E-state index is 0.106. The Bertz CT molecular complexity index is 1720. The molecule has 3 N–H and O–H groups in total. The van der Waals surface area contributed by atoms with E-state index >= 15 is 0 Å². The second-order valence-electron chi connectivity index (χ2n) is 25.9. The lowest BCUT2D eigenvalue weighted by Crippen LogP contribution is -2.30. The largest absolute Gasteiger partial charge is 0.472 e. The lowest BCUT2D eigenvalue weighted by molar-refractivity contribution is -0.161. The molecule has 0 aromatic rings. The van der Waals surface area contributed by atoms with Gasteiger partial charge in [0.25, 0.3) is 0 Å². The third-order valence-corrected chi connectivity index (χ3v) is 17.9. The molecule has 0 aliphatic carbocycles. The van der Waals surface area contributed by atoms with E-state index in [1.807, 2.05) is 0 Å². The van der Waals surface area contributed by atoms with Gasteiger partial charge >= 0.3 is 39.5 Å². The van der Waals surface area contributed by atoms with Crippen LogP contribution in [0.25, 0.3) is 0 Å². The summed E-state index contributed by atoms with van der Waals surface area (Å²) in [6, 6.07) is 0. The Morgan fingerprint density at radius 3 is 0.773 bits per heavy atom. The second-order valence-corrected chi connectivity index (χ2v) is 28.8. The van der Waals surface area contributed by atoms with Crippen LogP contribution >= 0.6 is 15.6 Å². The Balaban J connectivity index is 5.16. The van der Waals surface area contributed by atoms with Crippen LogP contribution in [0.2, 0.25) is 0 Å². The number of phosphoric ester groups is 2. The summed E-state index contributed by atoms with van der Waals surface area (Å²) < 4.78 is 68.0. The van der Waals surface area contributed by atoms with Crippen molar-refractivity contribution in [2.75, 3.05) is 39.6 Å². The summed E-state index contributed by atoms with van der Waals surface area (Å²) in [5.41, 5.74) is 0. The normalized spacial score (nSPS) is 14.2. The molecule has 17 nitrogen and oxygen atoms in total. The van der Waals surface area contributed by atoms with Crippen molar-refractivity contribution in [1.29, 1.82) is 0 Å². The molecule has 88 heavy (non-hydrogen) atoms. The molecule has 0 spiro atoms. The van der Waals surface area contributed by atoms with Gasteiger partial charge in [-0.05, 0) is 37.5 Å². The summed E-state index contributed by atoms with van der Waals surface area (Å²) in [6.45, 7) is 9.49. The smallest absolute Gasteiger partial charge is 0.462 e. The van der Waals surface area contributed by atoms with Crippen LogP contribution in [0.3, 0.4) is 0 Å². The average Bonchev–Trinajstić information content (AvgIpc) is 3.67. The number of esters is 4. The number of carbonyl (C=O) groups excluding carboxylic acids is 4. The van der Waals surface area contributed by atoms with Crippen LogP contribution in [0.4, 0.5) is 0 Å². The van der Waals surface area contributed by atoms with Crippen molar-refractivity contribution in [3.63, 3.8) is 0 Å². The van der Waals surface area contributed by atoms with E-state index in [1.54, 1.807) is 0 Å². The molecular weight excluding hydrogens is 1160 g/mol. The summed E-state index contributed by atoms with van der Waals surface area (Å²) in [4.78, 5) is 72.2. The SMILES string of the molecule is CCCCCCCCCCCCCC(=O)O[C@H](COC(=O)CCCCCCC)COP(=O)(O)OC[C@H](O)COP(=O)(O)OC[C@@H](COC(=O)CCCCCCCCCCCCCCC(C)C)OC(=O)CCCCCCCCCCCCCCCCC(C)C. The maximum absolute atomic E-state index is 13.0. The first-order chi connectivity index (χ1) is 42.4. The van der Waals surface area contributed by atoms with Crippen molar-refractivity contribution in [2.24, 2.45) is 11.8 Å². The zero-order valence-corrected chi connectivity index (χ0v) is 58.8. The standard InChI is InChI=1S/C69H134O17P2/c1-7-9-11-13-14-15-22-30-35-41-47-53-68(73)85-64(57-79-66(71)51-45-37-12-10-8-2)59-83-87(75,76)81-55-63(70)56-82-88(77,78)84-60-65(58-80-67(72)52-46-40-34-29-25-21-20-24-28-33-39-44-50-62(5)6)86-69(74)54-48-42-36-31-26-19-17-16-18-23-27-32-38-43-49-61(3)4/h61-65,70H,7-60H2,1-6H3,(H,75,76)(H,77,78)/t63-,64+,65+/m0/s1. The molecule has 522 valence electrons. The molecule has 0 heterocycles. The zero-order valence-electron chi connectivity index (χ0n) is 57.0. The third-order valence-electron chi connectivity index (χ3n) is 16.0. The molecule has 0 saturated carbocycles. The van der Waals surface area contributed by atoms with Crippen molar-refractivity contribution in [2.45, 2.75) is 368 Å². The molecule has 0 fully saturated rings. The van der Waals surface area contributed by atoms with E-state index in [4.69, 9.17) is 37.0 Å². The van der Waals surface area contributed by atoms with Crippen LogP contribution in [0.1, 0.15) is 350 Å². The molecule has 19 heteroatoms. The van der Waals surface area contributed by atoms with Crippen LogP contribution in [0.5, 0.6) is 0 Å². The first kappa shape index (κ1) is 86.1. The quantitative estimate of drug-likeness (QED) is 0.0222. The van der Waals surface area contributed by atoms with Gasteiger partial charge < -0.3 is 33.8 Å². The van der Waals surface area contributed by atoms with Gasteiger partial charge in [0.05, 0.1) is 26.4 Å². The number of aliphatic hydroxyl groups is 1. The van der Waals surface area contributed by atoms with E-state index in [2.05, 4.69) is 41.5 Å². The van der Waals surface area contributed by atoms with Crippen LogP contribution in [0.15, 0.2) is 0 Å². The van der Waals surface area contributed by atoms with Gasteiger partial charge in [0, 0.05) is 25.7 Å². The summed E-state index contributed by atoms with van der Waals surface area (Å²) in [6.07, 6.45) is 46.1. The summed E-state index contributed by atoms with van der Waals surface area (Å²) >= 11 is 0. The fraction of sp³-hybridized carbons (Fsp3) is 0.942. The molecule has 5 atom stereocenters. The topological polar surface area (TPSA) is 237 Å². The van der Waals surface area contributed by atoms with E-state index in [9.17, 15) is 43.2 Å². The Kier molecular flexibility index (Phi) is 59.9. The van der Waals surface area contributed by atoms with Gasteiger partial charge in [-0.15, -0.1) is 0 Å².